The van der Waals surface area contributed by atoms with Gasteiger partial charge in [-0.1, -0.05) is 0 Å². The van der Waals surface area contributed by atoms with E-state index in [0.29, 0.717) is 0 Å². The Morgan fingerprint density at radius 2 is 1.08 bits per heavy atom. The first-order valence-electron chi connectivity index (χ1n) is 2.57. The molecule has 0 N–H and O–H groups in total. The predicted octanol–water partition coefficient (Wildman–Crippen LogP) is 5.16. The van der Waals surface area contributed by atoms with Crippen LogP contribution in [0.25, 0.3) is 0 Å². The van der Waals surface area contributed by atoms with Crippen molar-refractivity contribution in [2.45, 2.75) is 6.92 Å². The van der Waals surface area contributed by atoms with Crippen LogP contribution < -0.4 is 0 Å². The molecule has 0 saturated carbocycles. The summed E-state index contributed by atoms with van der Waals surface area (Å²) in [5.41, 5.74) is 0. The zero-order valence-electron chi connectivity index (χ0n) is 6.21. The van der Waals surface area contributed by atoms with Gasteiger partial charge in [0.05, 0.1) is 10.1 Å². The van der Waals surface area contributed by atoms with Gasteiger partial charge in [0, 0.05) is 0 Å². The first kappa shape index (κ1) is 17.6. The van der Waals surface area contributed by atoms with E-state index in [9.17, 15) is 0 Å². The molecule has 0 aliphatic heterocycles. The molecule has 12 heavy (non-hydrogen) atoms. The van der Waals surface area contributed by atoms with Crippen molar-refractivity contribution in [2.75, 3.05) is 12.0 Å². The van der Waals surface area contributed by atoms with Crippen LogP contribution in [0, 0.1) is 0 Å². The van der Waals surface area contributed by atoms with Crippen molar-refractivity contribution in [1.29, 1.82) is 0 Å². The third-order valence-electron chi connectivity index (χ3n) is 0.398. The topological polar surface area (TPSA) is 0 Å². The van der Waals surface area contributed by atoms with E-state index in [1.807, 2.05) is 6.26 Å². The van der Waals surface area contributed by atoms with Gasteiger partial charge in [0.2, 0.25) is 0 Å². The second-order valence-corrected chi connectivity index (χ2v) is 62.0. The van der Waals surface area contributed by atoms with E-state index in [2.05, 4.69) is 6.92 Å². The second kappa shape index (κ2) is 5.02. The first-order valence-corrected chi connectivity index (χ1v) is 24.6. The zero-order valence-corrected chi connectivity index (χ0v) is 14.9. The van der Waals surface area contributed by atoms with Gasteiger partial charge in [-0.2, -0.15) is 0 Å². The van der Waals surface area contributed by atoms with E-state index >= 15 is 0 Å². The summed E-state index contributed by atoms with van der Waals surface area (Å²) in [5, 5.41) is 0. The van der Waals surface area contributed by atoms with Gasteiger partial charge in [-0.3, -0.25) is 0 Å². The van der Waals surface area contributed by atoms with Crippen LogP contribution in [-0.2, 0) is 10.1 Å². The molecule has 0 aromatic carbocycles. The molecule has 0 aliphatic carbocycles. The molecule has 0 aromatic heterocycles. The maximum atomic E-state index is 5.49. The van der Waals surface area contributed by atoms with Crippen molar-refractivity contribution in [2.24, 2.45) is 0 Å². The van der Waals surface area contributed by atoms with Gasteiger partial charge in [-0.25, -0.2) is 0 Å². The Bertz CT molecular complexity index is 119. The summed E-state index contributed by atoms with van der Waals surface area (Å²) in [6.07, 6.45) is 2.02. The molecule has 9 heteroatoms. The molecule has 80 valence electrons. The van der Waals surface area contributed by atoms with Gasteiger partial charge >= 0.3 is 62.1 Å². The average Bonchev–Trinajstić information content (AvgIpc) is 1.56. The van der Waals surface area contributed by atoms with Gasteiger partial charge in [-0.05, 0) is 6.92 Å². The Hall–Kier alpha value is 3.20. The molecule has 0 amide bonds. The summed E-state index contributed by atoms with van der Waals surface area (Å²) in [4.78, 5) is 0. The fourth-order valence-electron chi connectivity index (χ4n) is 0. The summed E-state index contributed by atoms with van der Waals surface area (Å²) in [6.45, 7) is 2.08. The molecule has 0 nitrogen and oxygen atoms in total. The molecular weight excluding hydrogens is 438 g/mol. The first-order chi connectivity index (χ1) is 4.72. The Morgan fingerprint density at radius 1 is 1.00 bits per heavy atom. The zero-order chi connectivity index (χ0) is 10.7. The van der Waals surface area contributed by atoms with Crippen molar-refractivity contribution in [3.8, 4) is 0 Å². The molecule has 0 fully saturated rings. The Kier molecular flexibility index (Phi) is 7.36. The van der Waals surface area contributed by atoms with E-state index in [1.54, 1.807) is 0 Å². The molecule has 0 heterocycles. The van der Waals surface area contributed by atoms with Crippen LogP contribution in [0.5, 0.6) is 0 Å². The molecule has 1 atom stereocenters. The second-order valence-electron chi connectivity index (χ2n) is 1.80. The molecule has 0 radical (unpaired) electrons. The molecule has 0 rings (SSSR count). The summed E-state index contributed by atoms with van der Waals surface area (Å²) < 4.78 is 0. The minimum absolute atomic E-state index is 0.150. The van der Waals surface area contributed by atoms with Gasteiger partial charge in [-0.15, -0.1) is 0 Å². The Balaban J connectivity index is 0. The summed E-state index contributed by atoms with van der Waals surface area (Å²) in [7, 11) is 30.6. The van der Waals surface area contributed by atoms with Crippen molar-refractivity contribution in [3.63, 3.8) is 0 Å². The summed E-state index contributed by atoms with van der Waals surface area (Å²) in [6, 6.07) is 0. The van der Waals surface area contributed by atoms with Crippen LogP contribution in [0.2, 0.25) is 0 Å². The van der Waals surface area contributed by atoms with Crippen molar-refractivity contribution in [1.82, 2.24) is 0 Å². The van der Waals surface area contributed by atoms with Crippen LogP contribution in [0.4, 0.5) is 0 Å². The SMILES string of the molecule is CC[S+](C)Cl.[Cl][Sb-]([Cl])([Cl])([Cl])([Cl])[Cl]. The molecule has 1 unspecified atom stereocenters. The van der Waals surface area contributed by atoms with Gasteiger partial charge in [0.25, 0.3) is 0 Å². The van der Waals surface area contributed by atoms with E-state index in [1.165, 1.54) is 0 Å². The third kappa shape index (κ3) is 72.7. The maximum absolute atomic E-state index is 5.49. The van der Waals surface area contributed by atoms with Crippen LogP contribution in [-0.4, -0.2) is 21.1 Å². The number of halogens is 7. The van der Waals surface area contributed by atoms with Crippen molar-refractivity contribution in [3.05, 3.63) is 0 Å². The Labute approximate surface area is 100 Å². The summed E-state index contributed by atoms with van der Waals surface area (Å²) >= 11 is 0. The molecule has 0 bridgehead atoms. The quantitative estimate of drug-likeness (QED) is 0.386. The van der Waals surface area contributed by atoms with E-state index in [-0.39, 0.29) is 10.1 Å². The van der Waals surface area contributed by atoms with Gasteiger partial charge in [0.15, 0.2) is 10.7 Å². The Morgan fingerprint density at radius 3 is 1.08 bits per heavy atom. The molecule has 0 aromatic rings. The fraction of sp³-hybridized carbons (Fsp3) is 1.00. The third-order valence-corrected chi connectivity index (χ3v) is 1.85. The molecular formula is C3H8Cl7SSb. The predicted molar refractivity (Wildman–Crippen MR) is 70.6 cm³/mol. The molecule has 0 aliphatic rings. The fourth-order valence-corrected chi connectivity index (χ4v) is 0. The van der Waals surface area contributed by atoms with Crippen LogP contribution in [0.1, 0.15) is 6.92 Å². The van der Waals surface area contributed by atoms with E-state index < -0.39 is 9.14 Å². The van der Waals surface area contributed by atoms with Crippen molar-refractivity contribution >= 4 is 82.9 Å². The number of hydrogen-bond acceptors (Lipinski definition) is 0. The summed E-state index contributed by atoms with van der Waals surface area (Å²) in [5.74, 6) is 1.10. The standard InChI is InChI=1S/C3H8ClS.6ClH.Sb/c1-3-5(2)4;;;;;;;/h3H2,1-2H3;6*1H;/q+1;;;;;;;+5/p-6. The van der Waals surface area contributed by atoms with E-state index in [4.69, 9.17) is 63.7 Å². The monoisotopic (exact) mass is 442 g/mol. The van der Waals surface area contributed by atoms with Crippen LogP contribution >= 0.6 is 63.7 Å². The minimum atomic E-state index is -5.42. The molecule has 0 saturated heterocycles. The average molecular weight is 446 g/mol. The number of rotatable bonds is 1. The number of hydrogen-bond donors (Lipinski definition) is 0. The van der Waals surface area contributed by atoms with Crippen molar-refractivity contribution < 1.29 is 0 Å². The normalized spacial score (nSPS) is 19.8. The van der Waals surface area contributed by atoms with Gasteiger partial charge < -0.3 is 0 Å². The van der Waals surface area contributed by atoms with E-state index in [0.717, 1.165) is 5.75 Å². The van der Waals surface area contributed by atoms with Crippen LogP contribution in [0.3, 0.4) is 0 Å². The van der Waals surface area contributed by atoms with Gasteiger partial charge in [0.1, 0.15) is 12.0 Å². The molecule has 0 spiro atoms. The van der Waals surface area contributed by atoms with Crippen LogP contribution in [0.15, 0.2) is 0 Å².